The number of amides is 2. The van der Waals surface area contributed by atoms with E-state index in [0.29, 0.717) is 38.5 Å². The molecule has 0 aliphatic rings. The largest absolute Gasteiger partial charge is 0.493 e. The highest BCUT2D eigenvalue weighted by Crippen LogP contribution is 2.30. The summed E-state index contributed by atoms with van der Waals surface area (Å²) in [4.78, 5) is 46.3. The van der Waals surface area contributed by atoms with Gasteiger partial charge in [-0.2, -0.15) is 0 Å². The van der Waals surface area contributed by atoms with Gasteiger partial charge < -0.3 is 25.0 Å². The van der Waals surface area contributed by atoms with E-state index in [2.05, 4.69) is 49.8 Å². The SMILES string of the molecule is COc1ccc(C(=O)Nc2cc(NC(=O)c3cccc(N(C)C)c3)ccc2Br)cc1OC.O=C(Cl)C(=O)Cl. The van der Waals surface area contributed by atoms with Crippen molar-refractivity contribution in [3.05, 3.63) is 76.3 Å². The van der Waals surface area contributed by atoms with Gasteiger partial charge in [-0.1, -0.05) is 6.07 Å². The van der Waals surface area contributed by atoms with Gasteiger partial charge in [0.25, 0.3) is 11.8 Å². The molecule has 0 aliphatic carbocycles. The van der Waals surface area contributed by atoms with Gasteiger partial charge in [-0.15, -0.1) is 0 Å². The topological polar surface area (TPSA) is 114 Å². The number of hydrogen-bond donors (Lipinski definition) is 2. The highest BCUT2D eigenvalue weighted by atomic mass is 79.9. The minimum Gasteiger partial charge on any atom is -0.493 e. The van der Waals surface area contributed by atoms with Gasteiger partial charge >= 0.3 is 10.5 Å². The van der Waals surface area contributed by atoms with Crippen molar-refractivity contribution in [1.82, 2.24) is 0 Å². The highest BCUT2D eigenvalue weighted by Gasteiger charge is 2.14. The number of halogens is 3. The maximum atomic E-state index is 12.8. The fraction of sp³-hybridized carbons (Fsp3) is 0.154. The van der Waals surface area contributed by atoms with E-state index in [9.17, 15) is 19.2 Å². The molecule has 0 aliphatic heterocycles. The molecule has 0 saturated heterocycles. The van der Waals surface area contributed by atoms with Crippen LogP contribution in [0, 0.1) is 0 Å². The third-order valence-corrected chi connectivity index (χ3v) is 6.03. The Balaban J connectivity index is 0.000000757. The first kappa shape index (κ1) is 30.6. The Bertz CT molecular complexity index is 1340. The standard InChI is InChI=1S/C24H24BrN3O4.C2Cl2O2/c1-28(2)18-7-5-6-15(12-18)23(29)26-17-9-10-19(25)20(14-17)27-24(30)16-8-11-21(31-3)22(13-16)32-4;3-1(5)2(4)6/h5-14H,1-4H3,(H,26,29)(H,27,30);. The number of nitrogens with one attached hydrogen (secondary N) is 2. The lowest BCUT2D eigenvalue weighted by molar-refractivity contribution is -0.127. The summed E-state index contributed by atoms with van der Waals surface area (Å²) < 4.78 is 11.2. The monoisotopic (exact) mass is 623 g/mol. The van der Waals surface area contributed by atoms with Crippen LogP contribution in [0.4, 0.5) is 17.1 Å². The summed E-state index contributed by atoms with van der Waals surface area (Å²) >= 11 is 12.4. The molecule has 12 heteroatoms. The molecule has 3 rings (SSSR count). The van der Waals surface area contributed by atoms with E-state index in [4.69, 9.17) is 9.47 Å². The molecule has 2 N–H and O–H groups in total. The second-order valence-electron chi connectivity index (χ2n) is 7.66. The molecule has 38 heavy (non-hydrogen) atoms. The Kier molecular flexibility index (Phi) is 11.6. The Hall–Kier alpha value is -3.60. The zero-order chi connectivity index (χ0) is 28.4. The maximum absolute atomic E-state index is 12.8. The summed E-state index contributed by atoms with van der Waals surface area (Å²) in [6, 6.07) is 17.4. The number of hydrogen-bond acceptors (Lipinski definition) is 7. The Morgan fingerprint density at radius 2 is 1.37 bits per heavy atom. The van der Waals surface area contributed by atoms with E-state index in [-0.39, 0.29) is 11.8 Å². The van der Waals surface area contributed by atoms with E-state index < -0.39 is 10.5 Å². The molecule has 200 valence electrons. The zero-order valence-electron chi connectivity index (χ0n) is 20.8. The summed E-state index contributed by atoms with van der Waals surface area (Å²) in [5.41, 5.74) is 2.94. The minimum atomic E-state index is -1.14. The molecule has 0 unspecified atom stereocenters. The van der Waals surface area contributed by atoms with Crippen molar-refractivity contribution in [1.29, 1.82) is 0 Å². The Labute approximate surface area is 238 Å². The lowest BCUT2D eigenvalue weighted by Crippen LogP contribution is -2.15. The van der Waals surface area contributed by atoms with Gasteiger partial charge in [0.2, 0.25) is 0 Å². The molecule has 0 heterocycles. The Morgan fingerprint density at radius 1 is 0.763 bits per heavy atom. The normalized spacial score (nSPS) is 9.87. The fourth-order valence-corrected chi connectivity index (χ4v) is 3.35. The van der Waals surface area contributed by atoms with Crippen LogP contribution in [-0.2, 0) is 9.59 Å². The van der Waals surface area contributed by atoms with E-state index in [1.165, 1.54) is 14.2 Å². The second-order valence-corrected chi connectivity index (χ2v) is 9.21. The van der Waals surface area contributed by atoms with Crippen molar-refractivity contribution < 1.29 is 28.7 Å². The Morgan fingerprint density at radius 3 is 1.95 bits per heavy atom. The van der Waals surface area contributed by atoms with Crippen LogP contribution in [0.2, 0.25) is 0 Å². The summed E-state index contributed by atoms with van der Waals surface area (Å²) in [5.74, 6) is 0.426. The molecular weight excluding hydrogens is 601 g/mol. The summed E-state index contributed by atoms with van der Waals surface area (Å²) in [6.07, 6.45) is 0. The molecule has 0 radical (unpaired) electrons. The van der Waals surface area contributed by atoms with Crippen molar-refractivity contribution >= 4 is 78.5 Å². The van der Waals surface area contributed by atoms with E-state index in [1.807, 2.05) is 37.2 Å². The first-order valence-electron chi connectivity index (χ1n) is 10.8. The van der Waals surface area contributed by atoms with E-state index in [0.717, 1.165) is 5.69 Å². The average Bonchev–Trinajstić information content (AvgIpc) is 2.90. The average molecular weight is 625 g/mol. The fourth-order valence-electron chi connectivity index (χ4n) is 3.00. The number of anilines is 3. The van der Waals surface area contributed by atoms with Crippen molar-refractivity contribution in [3.63, 3.8) is 0 Å². The van der Waals surface area contributed by atoms with Crippen LogP contribution in [0.25, 0.3) is 0 Å². The van der Waals surface area contributed by atoms with E-state index in [1.54, 1.807) is 42.5 Å². The number of carbonyl (C=O) groups is 4. The molecule has 0 spiro atoms. The number of methoxy groups -OCH3 is 2. The second kappa shape index (κ2) is 14.4. The van der Waals surface area contributed by atoms with Crippen LogP contribution in [0.5, 0.6) is 11.5 Å². The van der Waals surface area contributed by atoms with Crippen LogP contribution in [0.3, 0.4) is 0 Å². The third-order valence-electron chi connectivity index (χ3n) is 4.90. The minimum absolute atomic E-state index is 0.242. The smallest absolute Gasteiger partial charge is 0.304 e. The van der Waals surface area contributed by atoms with Crippen LogP contribution < -0.4 is 25.0 Å². The number of ether oxygens (including phenoxy) is 2. The molecule has 0 fully saturated rings. The van der Waals surface area contributed by atoms with Crippen molar-refractivity contribution in [2.45, 2.75) is 0 Å². The zero-order valence-corrected chi connectivity index (χ0v) is 23.9. The van der Waals surface area contributed by atoms with Gasteiger partial charge in [0.15, 0.2) is 11.5 Å². The summed E-state index contributed by atoms with van der Waals surface area (Å²) in [7, 11) is 6.87. The molecule has 3 aromatic carbocycles. The van der Waals surface area contributed by atoms with E-state index >= 15 is 0 Å². The molecular formula is C26H24BrCl2N3O6. The lowest BCUT2D eigenvalue weighted by Gasteiger charge is -2.14. The van der Waals surface area contributed by atoms with Gasteiger partial charge in [0, 0.05) is 41.1 Å². The first-order chi connectivity index (χ1) is 18.0. The predicted octanol–water partition coefficient (Wildman–Crippen LogP) is 5.55. The molecule has 0 atom stereocenters. The third kappa shape index (κ3) is 8.76. The first-order valence-corrected chi connectivity index (χ1v) is 12.3. The van der Waals surface area contributed by atoms with Crippen LogP contribution in [0.1, 0.15) is 20.7 Å². The highest BCUT2D eigenvalue weighted by molar-refractivity contribution is 9.10. The van der Waals surface area contributed by atoms with Crippen LogP contribution in [-0.4, -0.2) is 50.6 Å². The molecule has 0 bridgehead atoms. The molecule has 0 aromatic heterocycles. The van der Waals surface area contributed by atoms with Gasteiger partial charge in [-0.05, 0) is 93.7 Å². The van der Waals surface area contributed by atoms with Crippen molar-refractivity contribution in [3.8, 4) is 11.5 Å². The predicted molar refractivity (Wildman–Crippen MR) is 152 cm³/mol. The molecule has 0 saturated carbocycles. The maximum Gasteiger partial charge on any atom is 0.304 e. The molecule has 3 aromatic rings. The van der Waals surface area contributed by atoms with Gasteiger partial charge in [0.05, 0.1) is 19.9 Å². The van der Waals surface area contributed by atoms with Crippen LogP contribution in [0.15, 0.2) is 65.1 Å². The van der Waals surface area contributed by atoms with Crippen molar-refractivity contribution in [2.24, 2.45) is 0 Å². The van der Waals surface area contributed by atoms with Gasteiger partial charge in [0.1, 0.15) is 0 Å². The molecule has 9 nitrogen and oxygen atoms in total. The summed E-state index contributed by atoms with van der Waals surface area (Å²) in [5, 5.41) is 3.44. The van der Waals surface area contributed by atoms with Gasteiger partial charge in [-0.3, -0.25) is 19.2 Å². The van der Waals surface area contributed by atoms with Crippen LogP contribution >= 0.6 is 39.1 Å². The lowest BCUT2D eigenvalue weighted by atomic mass is 10.1. The quantitative estimate of drug-likeness (QED) is 0.249. The summed E-state index contributed by atoms with van der Waals surface area (Å²) in [6.45, 7) is 0. The number of carbonyl (C=O) groups excluding carboxylic acids is 4. The molecule has 2 amide bonds. The van der Waals surface area contributed by atoms with Crippen molar-refractivity contribution in [2.75, 3.05) is 43.8 Å². The number of nitrogens with zero attached hydrogens (tertiary/aromatic N) is 1. The number of rotatable bonds is 8. The van der Waals surface area contributed by atoms with Gasteiger partial charge in [-0.25, -0.2) is 0 Å². The number of benzene rings is 3.